The number of nitrogen functional groups attached to an aromatic ring is 1. The second kappa shape index (κ2) is 4.63. The molecule has 1 aliphatic heterocycles. The minimum absolute atomic E-state index is 0.162. The summed E-state index contributed by atoms with van der Waals surface area (Å²) in [5.74, 6) is -1.41. The average molecular weight is 275 g/mol. The Morgan fingerprint density at radius 1 is 1.35 bits per heavy atom. The number of hydrogen-bond donors (Lipinski definition) is 2. The van der Waals surface area contributed by atoms with Crippen molar-refractivity contribution in [3.05, 3.63) is 29.3 Å². The van der Waals surface area contributed by atoms with Gasteiger partial charge in [0.05, 0.1) is 5.56 Å². The van der Waals surface area contributed by atoms with Crippen LogP contribution in [0.2, 0.25) is 0 Å². The summed E-state index contributed by atoms with van der Waals surface area (Å²) in [6, 6.07) is 5.06. The first-order valence-corrected chi connectivity index (χ1v) is 6.26. The van der Waals surface area contributed by atoms with Crippen LogP contribution in [0.25, 0.3) is 0 Å². The van der Waals surface area contributed by atoms with E-state index >= 15 is 0 Å². The SMILES string of the molecule is Cc1ccc(C(=O)N2CC(=O)NC(=O)C2(C)C)c(N)c1. The Morgan fingerprint density at radius 2 is 2.00 bits per heavy atom. The van der Waals surface area contributed by atoms with E-state index in [0.29, 0.717) is 11.3 Å². The van der Waals surface area contributed by atoms with E-state index in [0.717, 1.165) is 5.56 Å². The number of nitrogens with zero attached hydrogens (tertiary/aromatic N) is 1. The van der Waals surface area contributed by atoms with Crippen LogP contribution in [0.3, 0.4) is 0 Å². The van der Waals surface area contributed by atoms with Crippen LogP contribution < -0.4 is 11.1 Å². The molecule has 6 nitrogen and oxygen atoms in total. The molecule has 3 N–H and O–H groups in total. The van der Waals surface area contributed by atoms with E-state index in [1.807, 2.05) is 6.92 Å². The van der Waals surface area contributed by atoms with Crippen LogP contribution in [0.5, 0.6) is 0 Å². The van der Waals surface area contributed by atoms with Crippen molar-refractivity contribution in [1.29, 1.82) is 0 Å². The lowest BCUT2D eigenvalue weighted by Gasteiger charge is -2.40. The number of amides is 3. The summed E-state index contributed by atoms with van der Waals surface area (Å²) in [4.78, 5) is 37.1. The van der Waals surface area contributed by atoms with E-state index in [4.69, 9.17) is 5.73 Å². The maximum absolute atomic E-state index is 12.6. The van der Waals surface area contributed by atoms with Crippen LogP contribution in [0, 0.1) is 6.92 Å². The van der Waals surface area contributed by atoms with Gasteiger partial charge in [0.1, 0.15) is 12.1 Å². The van der Waals surface area contributed by atoms with Crippen LogP contribution in [0.1, 0.15) is 29.8 Å². The van der Waals surface area contributed by atoms with Gasteiger partial charge in [-0.2, -0.15) is 0 Å². The van der Waals surface area contributed by atoms with Crippen molar-refractivity contribution in [3.8, 4) is 0 Å². The molecule has 1 saturated heterocycles. The van der Waals surface area contributed by atoms with Gasteiger partial charge in [-0.1, -0.05) is 6.07 Å². The molecule has 0 bridgehead atoms. The molecule has 6 heteroatoms. The normalized spacial score (nSPS) is 17.9. The predicted molar refractivity (Wildman–Crippen MR) is 73.9 cm³/mol. The second-order valence-corrected chi connectivity index (χ2v) is 5.42. The van der Waals surface area contributed by atoms with Crippen molar-refractivity contribution in [1.82, 2.24) is 10.2 Å². The monoisotopic (exact) mass is 275 g/mol. The molecule has 2 rings (SSSR count). The number of nitrogens with one attached hydrogen (secondary N) is 1. The summed E-state index contributed by atoms with van der Waals surface area (Å²) in [6.45, 7) is 4.89. The molecule has 1 aliphatic rings. The molecule has 0 aliphatic carbocycles. The lowest BCUT2D eigenvalue weighted by atomic mass is 9.96. The summed E-state index contributed by atoms with van der Waals surface area (Å²) >= 11 is 0. The van der Waals surface area contributed by atoms with Gasteiger partial charge in [-0.25, -0.2) is 0 Å². The molecule has 1 aromatic carbocycles. The van der Waals surface area contributed by atoms with Crippen LogP contribution in [0.4, 0.5) is 5.69 Å². The highest BCUT2D eigenvalue weighted by molar-refractivity contribution is 6.10. The van der Waals surface area contributed by atoms with E-state index in [1.165, 1.54) is 4.90 Å². The molecule has 1 fully saturated rings. The van der Waals surface area contributed by atoms with Crippen molar-refractivity contribution in [2.75, 3.05) is 12.3 Å². The molecule has 3 amide bonds. The minimum atomic E-state index is -1.09. The highest BCUT2D eigenvalue weighted by Crippen LogP contribution is 2.24. The molecular formula is C14H17N3O3. The predicted octanol–water partition coefficient (Wildman–Crippen LogP) is 0.454. The van der Waals surface area contributed by atoms with E-state index in [1.54, 1.807) is 32.0 Å². The summed E-state index contributed by atoms with van der Waals surface area (Å²) in [5.41, 5.74) is 6.33. The van der Waals surface area contributed by atoms with Gasteiger partial charge < -0.3 is 10.6 Å². The molecule has 0 spiro atoms. The Balaban J connectivity index is 2.40. The smallest absolute Gasteiger partial charge is 0.257 e. The third-order valence-corrected chi connectivity index (χ3v) is 3.47. The Bertz CT molecular complexity index is 608. The zero-order valence-corrected chi connectivity index (χ0v) is 11.7. The van der Waals surface area contributed by atoms with E-state index < -0.39 is 23.3 Å². The number of anilines is 1. The van der Waals surface area contributed by atoms with Crippen molar-refractivity contribution in [2.45, 2.75) is 26.3 Å². The van der Waals surface area contributed by atoms with Gasteiger partial charge >= 0.3 is 0 Å². The van der Waals surface area contributed by atoms with E-state index in [-0.39, 0.29) is 6.54 Å². The number of nitrogens with two attached hydrogens (primary N) is 1. The van der Waals surface area contributed by atoms with Gasteiger partial charge in [-0.05, 0) is 38.5 Å². The van der Waals surface area contributed by atoms with Crippen molar-refractivity contribution < 1.29 is 14.4 Å². The summed E-state index contributed by atoms with van der Waals surface area (Å²) < 4.78 is 0. The number of benzene rings is 1. The maximum atomic E-state index is 12.6. The Kier molecular flexibility index (Phi) is 3.25. The standard InChI is InChI=1S/C14H17N3O3/c1-8-4-5-9(10(15)6-8)12(19)17-7-11(18)16-13(20)14(17,2)3/h4-6H,7,15H2,1-3H3,(H,16,18,20). The van der Waals surface area contributed by atoms with Crippen molar-refractivity contribution >= 4 is 23.4 Å². The Hall–Kier alpha value is -2.37. The molecule has 1 aromatic rings. The van der Waals surface area contributed by atoms with Gasteiger partial charge in [0.15, 0.2) is 0 Å². The number of hydrogen-bond acceptors (Lipinski definition) is 4. The van der Waals surface area contributed by atoms with E-state index in [9.17, 15) is 14.4 Å². The van der Waals surface area contributed by atoms with Crippen molar-refractivity contribution in [2.24, 2.45) is 0 Å². The molecule has 0 saturated carbocycles. The quantitative estimate of drug-likeness (QED) is 0.575. The Labute approximate surface area is 116 Å². The molecule has 20 heavy (non-hydrogen) atoms. The number of carbonyl (C=O) groups is 3. The largest absolute Gasteiger partial charge is 0.398 e. The number of rotatable bonds is 1. The van der Waals surface area contributed by atoms with Crippen LogP contribution in [-0.4, -0.2) is 34.7 Å². The fraction of sp³-hybridized carbons (Fsp3) is 0.357. The molecule has 106 valence electrons. The van der Waals surface area contributed by atoms with Gasteiger partial charge in [0, 0.05) is 5.69 Å². The second-order valence-electron chi connectivity index (χ2n) is 5.42. The maximum Gasteiger partial charge on any atom is 0.257 e. The molecular weight excluding hydrogens is 258 g/mol. The third-order valence-electron chi connectivity index (χ3n) is 3.47. The first-order chi connectivity index (χ1) is 9.23. The van der Waals surface area contributed by atoms with E-state index in [2.05, 4.69) is 5.32 Å². The number of carbonyl (C=O) groups excluding carboxylic acids is 3. The highest BCUT2D eigenvalue weighted by Gasteiger charge is 2.44. The van der Waals surface area contributed by atoms with Gasteiger partial charge in [-0.3, -0.25) is 19.7 Å². The lowest BCUT2D eigenvalue weighted by molar-refractivity contribution is -0.143. The third kappa shape index (κ3) is 2.24. The summed E-state index contributed by atoms with van der Waals surface area (Å²) in [6.07, 6.45) is 0. The minimum Gasteiger partial charge on any atom is -0.398 e. The van der Waals surface area contributed by atoms with Gasteiger partial charge in [0.25, 0.3) is 11.8 Å². The number of piperazine rings is 1. The fourth-order valence-corrected chi connectivity index (χ4v) is 2.13. The lowest BCUT2D eigenvalue weighted by Crippen LogP contribution is -2.65. The average Bonchev–Trinajstić information content (AvgIpc) is 2.33. The molecule has 0 aromatic heterocycles. The van der Waals surface area contributed by atoms with Crippen LogP contribution >= 0.6 is 0 Å². The molecule has 0 atom stereocenters. The molecule has 1 heterocycles. The summed E-state index contributed by atoms with van der Waals surface area (Å²) in [7, 11) is 0. The zero-order chi connectivity index (χ0) is 15.1. The van der Waals surface area contributed by atoms with Gasteiger partial charge in [0.2, 0.25) is 5.91 Å². The van der Waals surface area contributed by atoms with Crippen LogP contribution in [0.15, 0.2) is 18.2 Å². The zero-order valence-electron chi connectivity index (χ0n) is 11.7. The number of imide groups is 1. The fourth-order valence-electron chi connectivity index (χ4n) is 2.13. The first-order valence-electron chi connectivity index (χ1n) is 6.26. The topological polar surface area (TPSA) is 92.5 Å². The van der Waals surface area contributed by atoms with Gasteiger partial charge in [-0.15, -0.1) is 0 Å². The highest BCUT2D eigenvalue weighted by atomic mass is 16.2. The molecule has 0 radical (unpaired) electrons. The van der Waals surface area contributed by atoms with Crippen LogP contribution in [-0.2, 0) is 9.59 Å². The first kappa shape index (κ1) is 14.0. The number of aryl methyl sites for hydroxylation is 1. The van der Waals surface area contributed by atoms with Crippen molar-refractivity contribution in [3.63, 3.8) is 0 Å². The summed E-state index contributed by atoms with van der Waals surface area (Å²) in [5, 5.41) is 2.23. The Morgan fingerprint density at radius 3 is 2.60 bits per heavy atom. The molecule has 0 unspecified atom stereocenters.